The zero-order valence-corrected chi connectivity index (χ0v) is 19.6. The highest BCUT2D eigenvalue weighted by Gasteiger charge is 2.25. The van der Waals surface area contributed by atoms with Crippen molar-refractivity contribution in [1.29, 1.82) is 0 Å². The van der Waals surface area contributed by atoms with E-state index < -0.39 is 10.4 Å². The monoisotopic (exact) mass is 468 g/mol. The summed E-state index contributed by atoms with van der Waals surface area (Å²) in [4.78, 5) is 25.1. The van der Waals surface area contributed by atoms with Crippen molar-refractivity contribution >= 4 is 39.9 Å². The van der Waals surface area contributed by atoms with E-state index in [0.29, 0.717) is 16.6 Å². The summed E-state index contributed by atoms with van der Waals surface area (Å²) < 4.78 is 4.08. The summed E-state index contributed by atoms with van der Waals surface area (Å²) in [7, 11) is -2.01. The Bertz CT molecular complexity index is 834. The van der Waals surface area contributed by atoms with Gasteiger partial charge >= 0.3 is 0 Å². The molecule has 31 heavy (non-hydrogen) atoms. The van der Waals surface area contributed by atoms with Crippen LogP contribution in [0.4, 0.5) is 11.5 Å². The van der Waals surface area contributed by atoms with Crippen molar-refractivity contribution in [2.45, 2.75) is 20.3 Å². The molecule has 0 radical (unpaired) electrons. The third-order valence-corrected chi connectivity index (χ3v) is 7.62. The Kier molecular flexibility index (Phi) is 9.47. The van der Waals surface area contributed by atoms with Gasteiger partial charge in [0, 0.05) is 42.8 Å². The summed E-state index contributed by atoms with van der Waals surface area (Å²) in [6.07, 6.45) is 3.52. The first-order chi connectivity index (χ1) is 14.9. The number of nitroso groups, excluding NO2 is 1. The van der Waals surface area contributed by atoms with E-state index in [0.717, 1.165) is 49.3 Å². The van der Waals surface area contributed by atoms with Crippen LogP contribution in [0.2, 0.25) is 5.15 Å². The Hall–Kier alpha value is -2.43. The number of hydrogen-bond acceptors (Lipinski definition) is 8. The lowest BCUT2D eigenvalue weighted by molar-refractivity contribution is -0.118. The minimum Gasteiger partial charge on any atom is -0.352 e. The summed E-state index contributed by atoms with van der Waals surface area (Å²) in [6.45, 7) is 6.95. The van der Waals surface area contributed by atoms with Crippen LogP contribution in [0.1, 0.15) is 19.4 Å². The predicted molar refractivity (Wildman–Crippen MR) is 127 cm³/mol. The zero-order valence-electron chi connectivity index (χ0n) is 18.0. The lowest BCUT2D eigenvalue weighted by atomic mass is 10.2. The van der Waals surface area contributed by atoms with E-state index >= 15 is 0 Å². The highest BCUT2D eigenvalue weighted by Crippen LogP contribution is 2.49. The Morgan fingerprint density at radius 1 is 1.13 bits per heavy atom. The summed E-state index contributed by atoms with van der Waals surface area (Å²) in [6, 6.07) is 11.1. The minimum atomic E-state index is -2.01. The number of piperazine rings is 1. The molecule has 1 N–H and O–H groups in total. The fourth-order valence-corrected chi connectivity index (χ4v) is 3.92. The predicted octanol–water partition coefficient (Wildman–Crippen LogP) is 3.90. The number of hydrogen-bond donors (Lipinski definition) is 1. The maximum absolute atomic E-state index is 10.8. The van der Waals surface area contributed by atoms with Crippen molar-refractivity contribution < 1.29 is 10.0 Å². The third kappa shape index (κ3) is 6.78. The van der Waals surface area contributed by atoms with Crippen LogP contribution in [0.15, 0.2) is 41.0 Å². The zero-order chi connectivity index (χ0) is 22.9. The van der Waals surface area contributed by atoms with Gasteiger partial charge in [-0.1, -0.05) is 37.6 Å². The SMILES string of the molecule is CCc1ccc(N(O)S(C)(CC)N=O)cc1.O=CN1CCN(c2ccc(Cl)nn2)CC1. The number of rotatable bonds is 7. The van der Waals surface area contributed by atoms with Crippen LogP contribution in [0.25, 0.3) is 0 Å². The molecule has 1 saturated heterocycles. The second kappa shape index (κ2) is 11.8. The van der Waals surface area contributed by atoms with Crippen molar-refractivity contribution in [1.82, 2.24) is 15.1 Å². The van der Waals surface area contributed by atoms with Crippen LogP contribution >= 0.6 is 22.0 Å². The summed E-state index contributed by atoms with van der Waals surface area (Å²) in [5.74, 6) is 1.34. The Balaban J connectivity index is 0.000000220. The fourth-order valence-electron chi connectivity index (χ4n) is 2.83. The van der Waals surface area contributed by atoms with Crippen molar-refractivity contribution in [2.75, 3.05) is 47.6 Å². The molecule has 3 rings (SSSR count). The topological polar surface area (TPSA) is 102 Å². The fraction of sp³-hybridized carbons (Fsp3) is 0.450. The number of nitrogens with zero attached hydrogens (tertiary/aromatic N) is 6. The number of amides is 1. The molecule has 0 spiro atoms. The van der Waals surface area contributed by atoms with Crippen LogP contribution < -0.4 is 9.37 Å². The number of halogens is 1. The van der Waals surface area contributed by atoms with Crippen LogP contribution in [0.5, 0.6) is 0 Å². The smallest absolute Gasteiger partial charge is 0.209 e. The number of carbonyl (C=O) groups excluding carboxylic acids is 1. The van der Waals surface area contributed by atoms with Crippen LogP contribution in [0, 0.1) is 4.91 Å². The molecule has 11 heteroatoms. The van der Waals surface area contributed by atoms with Gasteiger partial charge in [-0.3, -0.25) is 10.0 Å². The van der Waals surface area contributed by atoms with Gasteiger partial charge in [0.25, 0.3) is 0 Å². The molecule has 1 aliphatic rings. The van der Waals surface area contributed by atoms with Gasteiger partial charge < -0.3 is 9.80 Å². The summed E-state index contributed by atoms with van der Waals surface area (Å²) in [5, 5.41) is 18.1. The molecular formula is C20H29ClN6O3S. The van der Waals surface area contributed by atoms with Gasteiger partial charge in [0.05, 0.1) is 5.69 Å². The molecule has 9 nitrogen and oxygen atoms in total. The van der Waals surface area contributed by atoms with Gasteiger partial charge in [0.15, 0.2) is 11.0 Å². The first-order valence-electron chi connectivity index (χ1n) is 9.99. The molecular weight excluding hydrogens is 440 g/mol. The van der Waals surface area contributed by atoms with Gasteiger partial charge in [-0.2, -0.15) is 4.47 Å². The molecule has 0 saturated carbocycles. The molecule has 1 aromatic heterocycles. The van der Waals surface area contributed by atoms with Crippen molar-refractivity contribution in [3.8, 4) is 0 Å². The molecule has 1 atom stereocenters. The Labute approximate surface area is 189 Å². The number of benzene rings is 1. The highest BCUT2D eigenvalue weighted by atomic mass is 35.5. The largest absolute Gasteiger partial charge is 0.352 e. The van der Waals surface area contributed by atoms with E-state index in [1.54, 1.807) is 17.2 Å². The van der Waals surface area contributed by atoms with Gasteiger partial charge in [0.1, 0.15) is 0 Å². The van der Waals surface area contributed by atoms with Crippen LogP contribution in [-0.2, 0) is 11.2 Å². The number of aryl methyl sites for hydroxylation is 1. The molecule has 2 heterocycles. The van der Waals surface area contributed by atoms with E-state index in [1.807, 2.05) is 37.3 Å². The molecule has 1 aromatic carbocycles. The Morgan fingerprint density at radius 3 is 2.23 bits per heavy atom. The van der Waals surface area contributed by atoms with Gasteiger partial charge in [-0.15, -0.1) is 15.1 Å². The maximum atomic E-state index is 10.8. The van der Waals surface area contributed by atoms with Crippen LogP contribution in [0.3, 0.4) is 0 Å². The standard InChI is InChI=1S/C11H18N2O2S.C9H11ClN4O/c1-4-10-6-8-11(9-7-10)13(15)16(3,5-2)12-14;10-8-1-2-9(12-11-8)14-5-3-13(7-15)4-6-14/h6-9,15H,4-5H2,1-3H3;1-2,7H,3-6H2. The normalized spacial score (nSPS) is 16.4. The molecule has 2 aromatic rings. The molecule has 1 fully saturated rings. The second-order valence-corrected chi connectivity index (χ2v) is 10.4. The van der Waals surface area contributed by atoms with Gasteiger partial charge in [0.2, 0.25) is 6.41 Å². The summed E-state index contributed by atoms with van der Waals surface area (Å²) >= 11 is 5.65. The lowest BCUT2D eigenvalue weighted by Gasteiger charge is -2.34. The number of anilines is 2. The molecule has 1 unspecified atom stereocenters. The quantitative estimate of drug-likeness (QED) is 0.373. The van der Waals surface area contributed by atoms with Crippen molar-refractivity contribution in [3.63, 3.8) is 0 Å². The molecule has 170 valence electrons. The first-order valence-corrected chi connectivity index (χ1v) is 12.5. The first kappa shape index (κ1) is 24.8. The van der Waals surface area contributed by atoms with Crippen molar-refractivity contribution in [2.24, 2.45) is 4.58 Å². The highest BCUT2D eigenvalue weighted by molar-refractivity contribution is 8.32. The van der Waals surface area contributed by atoms with E-state index in [9.17, 15) is 14.9 Å². The van der Waals surface area contributed by atoms with E-state index in [1.165, 1.54) is 5.56 Å². The number of carbonyl (C=O) groups is 1. The lowest BCUT2D eigenvalue weighted by Crippen LogP contribution is -2.46. The van der Waals surface area contributed by atoms with E-state index in [4.69, 9.17) is 11.6 Å². The van der Waals surface area contributed by atoms with Crippen molar-refractivity contribution in [3.05, 3.63) is 52.0 Å². The Morgan fingerprint density at radius 2 is 1.77 bits per heavy atom. The second-order valence-electron chi connectivity index (χ2n) is 6.99. The van der Waals surface area contributed by atoms with Gasteiger partial charge in [-0.25, -0.2) is 0 Å². The van der Waals surface area contributed by atoms with Crippen LogP contribution in [-0.4, -0.2) is 64.9 Å². The molecule has 1 aliphatic heterocycles. The van der Waals surface area contributed by atoms with E-state index in [-0.39, 0.29) is 0 Å². The molecule has 1 amide bonds. The summed E-state index contributed by atoms with van der Waals surface area (Å²) in [5.41, 5.74) is 1.82. The maximum Gasteiger partial charge on any atom is 0.209 e. The van der Waals surface area contributed by atoms with Gasteiger partial charge in [-0.05, 0) is 46.6 Å². The average molecular weight is 469 g/mol. The third-order valence-electron chi connectivity index (χ3n) is 5.05. The molecule has 0 bridgehead atoms. The minimum absolute atomic E-state index is 0.394. The molecule has 0 aliphatic carbocycles. The average Bonchev–Trinajstić information content (AvgIpc) is 2.84. The van der Waals surface area contributed by atoms with E-state index in [2.05, 4.69) is 26.6 Å². The number of aromatic nitrogens is 2.